The monoisotopic (exact) mass is 276 g/mol. The van der Waals surface area contributed by atoms with Crippen LogP contribution in [0.2, 0.25) is 0 Å². The lowest BCUT2D eigenvalue weighted by molar-refractivity contribution is -0.119. The second-order valence-corrected chi connectivity index (χ2v) is 4.99. The van der Waals surface area contributed by atoms with Crippen molar-refractivity contribution in [2.45, 2.75) is 26.2 Å². The Labute approximate surface area is 111 Å². The highest BCUT2D eigenvalue weighted by Gasteiger charge is 2.23. The fraction of sp³-hybridized carbons (Fsp3) is 0.700. The first-order valence-corrected chi connectivity index (χ1v) is 6.45. The van der Waals surface area contributed by atoms with Crippen molar-refractivity contribution in [3.05, 3.63) is 5.01 Å². The van der Waals surface area contributed by atoms with Gasteiger partial charge in [-0.3, -0.25) is 4.79 Å². The number of aryl methyl sites for hydroxylation is 1. The molecule has 2 rings (SSSR count). The summed E-state index contributed by atoms with van der Waals surface area (Å²) >= 11 is 1.47. The number of aromatic nitrogens is 2. The lowest BCUT2D eigenvalue weighted by atomic mass is 10.1. The number of hydrogen-bond acceptors (Lipinski definition) is 5. The van der Waals surface area contributed by atoms with Crippen molar-refractivity contribution in [1.82, 2.24) is 15.5 Å². The van der Waals surface area contributed by atoms with Gasteiger partial charge in [-0.2, -0.15) is 0 Å². The SMILES string of the molecule is CCCc1nnc(NC(=O)C2CCNC2)s1.Cl. The van der Waals surface area contributed by atoms with Crippen LogP contribution < -0.4 is 10.6 Å². The smallest absolute Gasteiger partial charge is 0.230 e. The molecule has 1 atom stereocenters. The van der Waals surface area contributed by atoms with Gasteiger partial charge in [0.05, 0.1) is 5.92 Å². The molecular weight excluding hydrogens is 260 g/mol. The van der Waals surface area contributed by atoms with E-state index in [1.165, 1.54) is 11.3 Å². The Kier molecular flexibility index (Phi) is 5.80. The molecular formula is C10H17ClN4OS. The Morgan fingerprint density at radius 3 is 3.06 bits per heavy atom. The molecule has 1 fully saturated rings. The zero-order valence-electron chi connectivity index (χ0n) is 9.73. The highest BCUT2D eigenvalue weighted by atomic mass is 35.5. The van der Waals surface area contributed by atoms with Gasteiger partial charge in [0.25, 0.3) is 0 Å². The summed E-state index contributed by atoms with van der Waals surface area (Å²) in [6, 6.07) is 0. The van der Waals surface area contributed by atoms with Gasteiger partial charge in [0.1, 0.15) is 5.01 Å². The number of carbonyl (C=O) groups is 1. The summed E-state index contributed by atoms with van der Waals surface area (Å²) in [5.41, 5.74) is 0. The highest BCUT2D eigenvalue weighted by Crippen LogP contribution is 2.18. The van der Waals surface area contributed by atoms with Gasteiger partial charge < -0.3 is 10.6 Å². The largest absolute Gasteiger partial charge is 0.316 e. The second kappa shape index (κ2) is 6.88. The number of carbonyl (C=O) groups excluding carboxylic acids is 1. The Bertz CT molecular complexity index is 365. The van der Waals surface area contributed by atoms with Crippen molar-refractivity contribution < 1.29 is 4.79 Å². The van der Waals surface area contributed by atoms with Crippen molar-refractivity contribution >= 4 is 34.8 Å². The van der Waals surface area contributed by atoms with Crippen LogP contribution in [0.3, 0.4) is 0 Å². The standard InChI is InChI=1S/C10H16N4OS.ClH/c1-2-3-8-13-14-10(16-8)12-9(15)7-4-5-11-6-7;/h7,11H,2-6H2,1H3,(H,12,14,15);1H. The van der Waals surface area contributed by atoms with Crippen LogP contribution in [0.15, 0.2) is 0 Å². The third-order valence-corrected chi connectivity index (χ3v) is 3.49. The van der Waals surface area contributed by atoms with Crippen LogP contribution in [0.25, 0.3) is 0 Å². The first-order valence-electron chi connectivity index (χ1n) is 5.63. The quantitative estimate of drug-likeness (QED) is 0.874. The Hall–Kier alpha value is -0.720. The van der Waals surface area contributed by atoms with E-state index >= 15 is 0 Å². The minimum absolute atomic E-state index is 0. The normalized spacial score (nSPS) is 18.8. The van der Waals surface area contributed by atoms with Crippen LogP contribution in [-0.4, -0.2) is 29.2 Å². The van der Waals surface area contributed by atoms with Gasteiger partial charge in [-0.1, -0.05) is 18.3 Å². The summed E-state index contributed by atoms with van der Waals surface area (Å²) in [7, 11) is 0. The molecule has 1 aliphatic heterocycles. The molecule has 5 nitrogen and oxygen atoms in total. The molecule has 0 radical (unpaired) electrons. The van der Waals surface area contributed by atoms with Gasteiger partial charge in [0.15, 0.2) is 0 Å². The van der Waals surface area contributed by atoms with E-state index in [2.05, 4.69) is 27.8 Å². The molecule has 1 saturated heterocycles. The van der Waals surface area contributed by atoms with E-state index in [9.17, 15) is 4.79 Å². The number of rotatable bonds is 4. The van der Waals surface area contributed by atoms with E-state index in [0.717, 1.165) is 37.4 Å². The highest BCUT2D eigenvalue weighted by molar-refractivity contribution is 7.15. The van der Waals surface area contributed by atoms with Crippen molar-refractivity contribution in [3.8, 4) is 0 Å². The predicted molar refractivity (Wildman–Crippen MR) is 70.8 cm³/mol. The number of nitrogens with one attached hydrogen (secondary N) is 2. The average Bonchev–Trinajstić information content (AvgIpc) is 2.89. The predicted octanol–water partition coefficient (Wildman–Crippen LogP) is 1.46. The van der Waals surface area contributed by atoms with Crippen molar-refractivity contribution in [3.63, 3.8) is 0 Å². The first-order chi connectivity index (χ1) is 7.79. The summed E-state index contributed by atoms with van der Waals surface area (Å²) < 4.78 is 0. The van der Waals surface area contributed by atoms with E-state index in [4.69, 9.17) is 0 Å². The number of nitrogens with zero attached hydrogens (tertiary/aromatic N) is 2. The van der Waals surface area contributed by atoms with Crippen molar-refractivity contribution in [2.75, 3.05) is 18.4 Å². The van der Waals surface area contributed by atoms with Gasteiger partial charge >= 0.3 is 0 Å². The minimum atomic E-state index is 0. The Morgan fingerprint density at radius 2 is 2.41 bits per heavy atom. The Balaban J connectivity index is 0.00000144. The van der Waals surface area contributed by atoms with E-state index in [1.807, 2.05) is 0 Å². The van der Waals surface area contributed by atoms with Gasteiger partial charge in [-0.25, -0.2) is 0 Å². The number of halogens is 1. The van der Waals surface area contributed by atoms with E-state index in [0.29, 0.717) is 5.13 Å². The summed E-state index contributed by atoms with van der Waals surface area (Å²) in [6.45, 7) is 3.80. The van der Waals surface area contributed by atoms with Crippen LogP contribution in [0.4, 0.5) is 5.13 Å². The molecule has 0 saturated carbocycles. The maximum atomic E-state index is 11.8. The molecule has 2 N–H and O–H groups in total. The van der Waals surface area contributed by atoms with Gasteiger partial charge in [0, 0.05) is 13.0 Å². The minimum Gasteiger partial charge on any atom is -0.316 e. The molecule has 0 bridgehead atoms. The molecule has 96 valence electrons. The van der Waals surface area contributed by atoms with E-state index < -0.39 is 0 Å². The van der Waals surface area contributed by atoms with Crippen LogP contribution in [-0.2, 0) is 11.2 Å². The molecule has 1 amide bonds. The maximum Gasteiger partial charge on any atom is 0.230 e. The van der Waals surface area contributed by atoms with E-state index in [1.54, 1.807) is 0 Å². The molecule has 0 aromatic carbocycles. The van der Waals surface area contributed by atoms with Crippen molar-refractivity contribution in [1.29, 1.82) is 0 Å². The number of hydrogen-bond donors (Lipinski definition) is 2. The second-order valence-electron chi connectivity index (χ2n) is 3.93. The molecule has 0 spiro atoms. The zero-order chi connectivity index (χ0) is 11.4. The fourth-order valence-electron chi connectivity index (χ4n) is 1.70. The molecule has 1 aliphatic rings. The summed E-state index contributed by atoms with van der Waals surface area (Å²) in [4.78, 5) is 11.8. The van der Waals surface area contributed by atoms with Gasteiger partial charge in [-0.05, 0) is 19.4 Å². The molecule has 17 heavy (non-hydrogen) atoms. The van der Waals surface area contributed by atoms with E-state index in [-0.39, 0.29) is 24.2 Å². The molecule has 1 aromatic heterocycles. The topological polar surface area (TPSA) is 66.9 Å². The first kappa shape index (κ1) is 14.3. The lowest BCUT2D eigenvalue weighted by Gasteiger charge is -2.05. The molecule has 0 aliphatic carbocycles. The summed E-state index contributed by atoms with van der Waals surface area (Å²) in [6.07, 6.45) is 2.89. The third-order valence-electron chi connectivity index (χ3n) is 2.59. The zero-order valence-corrected chi connectivity index (χ0v) is 11.4. The summed E-state index contributed by atoms with van der Waals surface area (Å²) in [5, 5.41) is 15.6. The van der Waals surface area contributed by atoms with Crippen molar-refractivity contribution in [2.24, 2.45) is 5.92 Å². The summed E-state index contributed by atoms with van der Waals surface area (Å²) in [5.74, 6) is 0.141. The lowest BCUT2D eigenvalue weighted by Crippen LogP contribution is -2.24. The van der Waals surface area contributed by atoms with Crippen LogP contribution >= 0.6 is 23.7 Å². The Morgan fingerprint density at radius 1 is 1.59 bits per heavy atom. The van der Waals surface area contributed by atoms with Crippen LogP contribution in [0.1, 0.15) is 24.8 Å². The maximum absolute atomic E-state index is 11.8. The molecule has 1 aromatic rings. The van der Waals surface area contributed by atoms with Gasteiger partial charge in [-0.15, -0.1) is 22.6 Å². The fourth-order valence-corrected chi connectivity index (χ4v) is 2.55. The third kappa shape index (κ3) is 3.90. The number of amides is 1. The molecule has 2 heterocycles. The molecule has 1 unspecified atom stereocenters. The van der Waals surface area contributed by atoms with Gasteiger partial charge in [0.2, 0.25) is 11.0 Å². The number of anilines is 1. The van der Waals surface area contributed by atoms with Crippen LogP contribution in [0, 0.1) is 5.92 Å². The average molecular weight is 277 g/mol. The molecule has 7 heteroatoms. The van der Waals surface area contributed by atoms with Crippen LogP contribution in [0.5, 0.6) is 0 Å².